The van der Waals surface area contributed by atoms with Crippen LogP contribution in [0.4, 0.5) is 0 Å². The molecule has 1 aromatic rings. The molecule has 0 radical (unpaired) electrons. The van der Waals surface area contributed by atoms with Gasteiger partial charge in [0.1, 0.15) is 0 Å². The molecule has 0 unspecified atom stereocenters. The molecule has 0 saturated heterocycles. The Morgan fingerprint density at radius 1 is 1.15 bits per heavy atom. The van der Waals surface area contributed by atoms with Gasteiger partial charge in [0.25, 0.3) is 5.91 Å². The first-order valence-corrected chi connectivity index (χ1v) is 11.9. The Kier molecular flexibility index (Phi) is 4.92. The standard InChI is InChI=1S/C20H27BrN2O3S/c1-23(2)27(25,26)18-8-16(3-4-17(18)21)19(24)22-12-20-9-13-5-14(10-20)7-15(6-13)11-20/h3-4,8,13-15H,5-7,9-12H2,1-2H3,(H,22,24). The molecule has 4 aliphatic rings. The van der Waals surface area contributed by atoms with E-state index in [-0.39, 0.29) is 16.2 Å². The summed E-state index contributed by atoms with van der Waals surface area (Å²) in [5.41, 5.74) is 0.654. The maximum Gasteiger partial charge on any atom is 0.251 e. The average molecular weight is 455 g/mol. The lowest BCUT2D eigenvalue weighted by molar-refractivity contribution is -0.0503. The molecule has 7 heteroatoms. The molecular formula is C20H27BrN2O3S. The van der Waals surface area contributed by atoms with Crippen molar-refractivity contribution in [2.75, 3.05) is 20.6 Å². The van der Waals surface area contributed by atoms with E-state index in [0.29, 0.717) is 16.6 Å². The van der Waals surface area contributed by atoms with Gasteiger partial charge in [-0.3, -0.25) is 4.79 Å². The lowest BCUT2D eigenvalue weighted by Crippen LogP contribution is -2.51. The van der Waals surface area contributed by atoms with Gasteiger partial charge in [-0.15, -0.1) is 0 Å². The largest absolute Gasteiger partial charge is 0.351 e. The number of sulfonamides is 1. The lowest BCUT2D eigenvalue weighted by Gasteiger charge is -2.56. The normalized spacial score (nSPS) is 32.1. The molecule has 148 valence electrons. The van der Waals surface area contributed by atoms with Gasteiger partial charge in [-0.2, -0.15) is 0 Å². The highest BCUT2D eigenvalue weighted by molar-refractivity contribution is 9.10. The highest BCUT2D eigenvalue weighted by Crippen LogP contribution is 2.59. The highest BCUT2D eigenvalue weighted by Gasteiger charge is 2.50. The third-order valence-electron chi connectivity index (χ3n) is 6.74. The van der Waals surface area contributed by atoms with Gasteiger partial charge in [0.2, 0.25) is 10.0 Å². The molecule has 5 rings (SSSR count). The van der Waals surface area contributed by atoms with E-state index in [1.54, 1.807) is 12.1 Å². The van der Waals surface area contributed by atoms with Crippen molar-refractivity contribution >= 4 is 31.9 Å². The number of carbonyl (C=O) groups excluding carboxylic acids is 1. The van der Waals surface area contributed by atoms with Crippen LogP contribution >= 0.6 is 15.9 Å². The van der Waals surface area contributed by atoms with Gasteiger partial charge in [0.05, 0.1) is 4.90 Å². The molecule has 4 bridgehead atoms. The Morgan fingerprint density at radius 3 is 2.22 bits per heavy atom. The Bertz CT molecular complexity index is 831. The number of nitrogens with one attached hydrogen (secondary N) is 1. The zero-order valence-electron chi connectivity index (χ0n) is 15.9. The first-order chi connectivity index (χ1) is 12.7. The molecule has 1 amide bonds. The van der Waals surface area contributed by atoms with Crippen molar-refractivity contribution in [3.63, 3.8) is 0 Å². The van der Waals surface area contributed by atoms with Gasteiger partial charge < -0.3 is 5.32 Å². The van der Waals surface area contributed by atoms with E-state index < -0.39 is 10.0 Å². The number of halogens is 1. The van der Waals surface area contributed by atoms with Crippen molar-refractivity contribution in [3.8, 4) is 0 Å². The molecule has 5 nitrogen and oxygen atoms in total. The minimum atomic E-state index is -3.61. The second kappa shape index (κ2) is 6.85. The van der Waals surface area contributed by atoms with Crippen molar-refractivity contribution in [2.24, 2.45) is 23.2 Å². The molecule has 4 aliphatic carbocycles. The number of nitrogens with zero attached hydrogens (tertiary/aromatic N) is 1. The smallest absolute Gasteiger partial charge is 0.251 e. The Labute approximate surface area is 170 Å². The van der Waals surface area contributed by atoms with Crippen molar-refractivity contribution in [3.05, 3.63) is 28.2 Å². The third-order valence-corrected chi connectivity index (χ3v) is 9.55. The number of hydrogen-bond donors (Lipinski definition) is 1. The van der Waals surface area contributed by atoms with Crippen LogP contribution in [0.3, 0.4) is 0 Å². The van der Waals surface area contributed by atoms with Gasteiger partial charge in [-0.1, -0.05) is 0 Å². The third kappa shape index (κ3) is 3.58. The number of hydrogen-bond acceptors (Lipinski definition) is 3. The molecule has 4 saturated carbocycles. The van der Waals surface area contributed by atoms with Crippen LogP contribution in [0.15, 0.2) is 27.6 Å². The first-order valence-electron chi connectivity index (χ1n) is 9.69. The van der Waals surface area contributed by atoms with Crippen LogP contribution in [0.1, 0.15) is 48.9 Å². The fraction of sp³-hybridized carbons (Fsp3) is 0.650. The predicted octanol–water partition coefficient (Wildman–Crippen LogP) is 3.65. The van der Waals surface area contributed by atoms with Crippen molar-refractivity contribution in [1.29, 1.82) is 0 Å². The molecule has 0 aliphatic heterocycles. The van der Waals surface area contributed by atoms with E-state index in [1.165, 1.54) is 58.7 Å². The van der Waals surface area contributed by atoms with Crippen LogP contribution < -0.4 is 5.32 Å². The fourth-order valence-electron chi connectivity index (χ4n) is 5.92. The molecule has 27 heavy (non-hydrogen) atoms. The number of rotatable bonds is 5. The van der Waals surface area contributed by atoms with Gasteiger partial charge in [0.15, 0.2) is 0 Å². The Morgan fingerprint density at radius 2 is 1.70 bits per heavy atom. The minimum absolute atomic E-state index is 0.120. The number of amides is 1. The predicted molar refractivity (Wildman–Crippen MR) is 108 cm³/mol. The van der Waals surface area contributed by atoms with Crippen LogP contribution in [-0.4, -0.2) is 39.3 Å². The summed E-state index contributed by atoms with van der Waals surface area (Å²) in [5.74, 6) is 2.35. The van der Waals surface area contributed by atoms with Crippen LogP contribution in [0, 0.1) is 23.2 Å². The van der Waals surface area contributed by atoms with E-state index in [0.717, 1.165) is 22.1 Å². The molecule has 0 heterocycles. The first kappa shape index (κ1) is 19.4. The van der Waals surface area contributed by atoms with Gasteiger partial charge in [-0.05, 0) is 95.8 Å². The monoisotopic (exact) mass is 454 g/mol. The zero-order chi connectivity index (χ0) is 19.4. The molecule has 1 N–H and O–H groups in total. The number of benzene rings is 1. The van der Waals surface area contributed by atoms with Crippen molar-refractivity contribution in [1.82, 2.24) is 9.62 Å². The second-order valence-corrected chi connectivity index (χ2v) is 12.0. The van der Waals surface area contributed by atoms with Gasteiger partial charge in [-0.25, -0.2) is 12.7 Å². The lowest BCUT2D eigenvalue weighted by atomic mass is 9.49. The van der Waals surface area contributed by atoms with E-state index in [4.69, 9.17) is 0 Å². The van der Waals surface area contributed by atoms with E-state index >= 15 is 0 Å². The van der Waals surface area contributed by atoms with Gasteiger partial charge >= 0.3 is 0 Å². The summed E-state index contributed by atoms with van der Waals surface area (Å²) >= 11 is 3.29. The quantitative estimate of drug-likeness (QED) is 0.737. The summed E-state index contributed by atoms with van der Waals surface area (Å²) in [7, 11) is -0.634. The summed E-state index contributed by atoms with van der Waals surface area (Å²) in [4.78, 5) is 12.9. The van der Waals surface area contributed by atoms with Gasteiger partial charge in [0, 0.05) is 30.7 Å². The van der Waals surface area contributed by atoms with Crippen LogP contribution in [0.2, 0.25) is 0 Å². The highest BCUT2D eigenvalue weighted by atomic mass is 79.9. The maximum absolute atomic E-state index is 12.8. The summed E-state index contributed by atoms with van der Waals surface area (Å²) in [5, 5.41) is 3.12. The SMILES string of the molecule is CN(C)S(=O)(=O)c1cc(C(=O)NCC23CC4CC(CC(C4)C2)C3)ccc1Br. The second-order valence-electron chi connectivity index (χ2n) is 9.03. The molecule has 0 aromatic heterocycles. The molecule has 0 atom stereocenters. The topological polar surface area (TPSA) is 66.5 Å². The van der Waals surface area contributed by atoms with Crippen molar-refractivity contribution < 1.29 is 13.2 Å². The van der Waals surface area contributed by atoms with Crippen LogP contribution in [0.25, 0.3) is 0 Å². The van der Waals surface area contributed by atoms with E-state index in [9.17, 15) is 13.2 Å². The maximum atomic E-state index is 12.8. The van der Waals surface area contributed by atoms with E-state index in [1.807, 2.05) is 0 Å². The van der Waals surface area contributed by atoms with Crippen molar-refractivity contribution in [2.45, 2.75) is 43.4 Å². The Hall–Kier alpha value is -0.920. The average Bonchev–Trinajstić information content (AvgIpc) is 2.58. The fourth-order valence-corrected chi connectivity index (χ4v) is 7.76. The van der Waals surface area contributed by atoms with Crippen LogP contribution in [0.5, 0.6) is 0 Å². The summed E-state index contributed by atoms with van der Waals surface area (Å²) < 4.78 is 26.6. The molecule has 0 spiro atoms. The molecular weight excluding hydrogens is 428 g/mol. The zero-order valence-corrected chi connectivity index (χ0v) is 18.3. The summed E-state index contributed by atoms with van der Waals surface area (Å²) in [6.07, 6.45) is 7.85. The molecule has 1 aromatic carbocycles. The van der Waals surface area contributed by atoms with Crippen LogP contribution in [-0.2, 0) is 10.0 Å². The minimum Gasteiger partial charge on any atom is -0.351 e. The Balaban J connectivity index is 1.49. The number of carbonyl (C=O) groups is 1. The summed E-state index contributed by atoms with van der Waals surface area (Å²) in [6.45, 7) is 0.709. The van der Waals surface area contributed by atoms with E-state index in [2.05, 4.69) is 21.2 Å². The summed E-state index contributed by atoms with van der Waals surface area (Å²) in [6, 6.07) is 4.78. The molecule has 4 fully saturated rings.